The lowest BCUT2D eigenvalue weighted by atomic mass is 10.0. The molecule has 3 aromatic carbocycles. The highest BCUT2D eigenvalue weighted by molar-refractivity contribution is 9.10. The van der Waals surface area contributed by atoms with Gasteiger partial charge in [0.25, 0.3) is 5.91 Å². The smallest absolute Gasteiger partial charge is 0.271 e. The Labute approximate surface area is 175 Å². The number of carbonyl (C=O) groups is 1. The van der Waals surface area contributed by atoms with Gasteiger partial charge in [-0.15, -0.1) is 0 Å². The lowest BCUT2D eigenvalue weighted by Crippen LogP contribution is -2.17. The first-order chi connectivity index (χ1) is 13.9. The molecule has 0 aliphatic carbocycles. The average Bonchev–Trinajstić information content (AvgIpc) is 2.69. The summed E-state index contributed by atoms with van der Waals surface area (Å²) in [4.78, 5) is 12.1. The molecule has 0 bridgehead atoms. The van der Waals surface area contributed by atoms with Gasteiger partial charge in [0.2, 0.25) is 0 Å². The minimum absolute atomic E-state index is 0.107. The van der Waals surface area contributed by atoms with Gasteiger partial charge >= 0.3 is 0 Å². The standard InChI is InChI=1S/C22H17BrN2O4/c23-17-7-5-15(6-8-17)22(29)25-24-13-20-16(11-19(27)12-21(20)28)4-1-14-2-9-18(26)10-3-14/h1-13,26-28H,(H,25,29)/b4-1+,24-13-. The third-order valence-corrected chi connectivity index (χ3v) is 4.52. The molecule has 6 nitrogen and oxygen atoms in total. The van der Waals surface area contributed by atoms with E-state index < -0.39 is 5.91 Å². The zero-order valence-corrected chi connectivity index (χ0v) is 16.7. The summed E-state index contributed by atoms with van der Waals surface area (Å²) >= 11 is 3.31. The van der Waals surface area contributed by atoms with E-state index in [1.165, 1.54) is 18.3 Å². The Kier molecular flexibility index (Phi) is 6.31. The van der Waals surface area contributed by atoms with E-state index in [0.717, 1.165) is 10.0 Å². The van der Waals surface area contributed by atoms with Crippen LogP contribution in [0.2, 0.25) is 0 Å². The van der Waals surface area contributed by atoms with Crippen molar-refractivity contribution in [2.45, 2.75) is 0 Å². The normalized spacial score (nSPS) is 11.2. The summed E-state index contributed by atoms with van der Waals surface area (Å²) in [7, 11) is 0. The Morgan fingerprint density at radius 2 is 1.59 bits per heavy atom. The van der Waals surface area contributed by atoms with Gasteiger partial charge in [-0.1, -0.05) is 40.2 Å². The fourth-order valence-electron chi connectivity index (χ4n) is 2.52. The summed E-state index contributed by atoms with van der Waals surface area (Å²) in [5.41, 5.74) is 4.49. The lowest BCUT2D eigenvalue weighted by molar-refractivity contribution is 0.0955. The minimum atomic E-state index is -0.395. The van der Waals surface area contributed by atoms with Gasteiger partial charge in [0.1, 0.15) is 17.2 Å². The van der Waals surface area contributed by atoms with Gasteiger partial charge in [0, 0.05) is 21.7 Å². The first-order valence-electron chi connectivity index (χ1n) is 8.54. The molecule has 1 amide bonds. The first kappa shape index (κ1) is 20.2. The predicted molar refractivity (Wildman–Crippen MR) is 116 cm³/mol. The van der Waals surface area contributed by atoms with Crippen LogP contribution >= 0.6 is 15.9 Å². The lowest BCUT2D eigenvalue weighted by Gasteiger charge is -2.06. The molecular weight excluding hydrogens is 436 g/mol. The second-order valence-corrected chi connectivity index (χ2v) is 7.01. The van der Waals surface area contributed by atoms with Crippen molar-refractivity contribution in [3.8, 4) is 17.2 Å². The summed E-state index contributed by atoms with van der Waals surface area (Å²) in [6.07, 6.45) is 4.75. The Bertz CT molecular complexity index is 1080. The van der Waals surface area contributed by atoms with Crippen LogP contribution in [-0.4, -0.2) is 27.4 Å². The number of phenolic OH excluding ortho intramolecular Hbond substituents is 3. The second-order valence-electron chi connectivity index (χ2n) is 6.10. The van der Waals surface area contributed by atoms with Crippen LogP contribution in [0, 0.1) is 0 Å². The number of hydrogen-bond donors (Lipinski definition) is 4. The number of halogens is 1. The number of carbonyl (C=O) groups excluding carboxylic acids is 1. The number of nitrogens with one attached hydrogen (secondary N) is 1. The third-order valence-electron chi connectivity index (χ3n) is 3.99. The molecule has 0 aliphatic rings. The van der Waals surface area contributed by atoms with Crippen molar-refractivity contribution in [1.82, 2.24) is 5.43 Å². The van der Waals surface area contributed by atoms with Gasteiger partial charge in [-0.3, -0.25) is 4.79 Å². The van der Waals surface area contributed by atoms with Crippen molar-refractivity contribution in [2.24, 2.45) is 5.10 Å². The molecule has 0 fully saturated rings. The SMILES string of the molecule is O=C(N/N=C\c1c(O)cc(O)cc1/C=C/c1ccc(O)cc1)c1ccc(Br)cc1. The highest BCUT2D eigenvalue weighted by Crippen LogP contribution is 2.27. The second kappa shape index (κ2) is 9.07. The van der Waals surface area contributed by atoms with Crippen LogP contribution in [0.15, 0.2) is 70.2 Å². The summed E-state index contributed by atoms with van der Waals surface area (Å²) in [5, 5.41) is 33.2. The molecule has 0 unspecified atom stereocenters. The monoisotopic (exact) mass is 452 g/mol. The number of hydrazone groups is 1. The number of benzene rings is 3. The van der Waals surface area contributed by atoms with Gasteiger partial charge < -0.3 is 15.3 Å². The molecule has 0 aliphatic heterocycles. The molecule has 29 heavy (non-hydrogen) atoms. The number of aromatic hydroxyl groups is 3. The predicted octanol–water partition coefficient (Wildman–Crippen LogP) is 4.50. The largest absolute Gasteiger partial charge is 0.508 e. The maximum Gasteiger partial charge on any atom is 0.271 e. The molecule has 0 radical (unpaired) electrons. The fourth-order valence-corrected chi connectivity index (χ4v) is 2.78. The van der Waals surface area contributed by atoms with Crippen LogP contribution in [0.5, 0.6) is 17.2 Å². The number of phenols is 3. The number of hydrogen-bond acceptors (Lipinski definition) is 5. The van der Waals surface area contributed by atoms with Crippen LogP contribution in [0.4, 0.5) is 0 Å². The molecule has 0 heterocycles. The molecule has 0 saturated heterocycles. The molecule has 4 N–H and O–H groups in total. The number of nitrogens with zero attached hydrogens (tertiary/aromatic N) is 1. The summed E-state index contributed by atoms with van der Waals surface area (Å²) in [6, 6.07) is 16.0. The Morgan fingerprint density at radius 3 is 2.28 bits per heavy atom. The van der Waals surface area contributed by atoms with Crippen LogP contribution in [0.1, 0.15) is 27.0 Å². The van der Waals surface area contributed by atoms with Gasteiger partial charge in [-0.25, -0.2) is 5.43 Å². The van der Waals surface area contributed by atoms with E-state index in [-0.39, 0.29) is 17.2 Å². The summed E-state index contributed by atoms with van der Waals surface area (Å²) in [6.45, 7) is 0. The number of amides is 1. The molecule has 3 aromatic rings. The molecule has 146 valence electrons. The van der Waals surface area contributed by atoms with E-state index in [0.29, 0.717) is 16.7 Å². The highest BCUT2D eigenvalue weighted by atomic mass is 79.9. The van der Waals surface area contributed by atoms with Crippen molar-refractivity contribution in [3.63, 3.8) is 0 Å². The molecule has 0 atom stereocenters. The first-order valence-corrected chi connectivity index (χ1v) is 9.34. The van der Waals surface area contributed by atoms with Crippen molar-refractivity contribution in [3.05, 3.63) is 87.4 Å². The molecule has 0 spiro atoms. The average molecular weight is 453 g/mol. The fraction of sp³-hybridized carbons (Fsp3) is 0. The van der Waals surface area contributed by atoms with Gasteiger partial charge in [-0.05, 0) is 53.6 Å². The molecule has 3 rings (SSSR count). The van der Waals surface area contributed by atoms with Crippen LogP contribution in [0.3, 0.4) is 0 Å². The summed E-state index contributed by atoms with van der Waals surface area (Å²) < 4.78 is 0.858. The molecule has 0 aromatic heterocycles. The third kappa shape index (κ3) is 5.46. The van der Waals surface area contributed by atoms with Crippen molar-refractivity contribution < 1.29 is 20.1 Å². The zero-order valence-electron chi connectivity index (χ0n) is 15.1. The van der Waals surface area contributed by atoms with Crippen molar-refractivity contribution in [2.75, 3.05) is 0 Å². The van der Waals surface area contributed by atoms with Crippen molar-refractivity contribution >= 4 is 40.2 Å². The maximum absolute atomic E-state index is 12.1. The van der Waals surface area contributed by atoms with Gasteiger partial charge in [0.05, 0.1) is 6.21 Å². The number of rotatable bonds is 5. The van der Waals surface area contributed by atoms with Crippen LogP contribution in [-0.2, 0) is 0 Å². The molecular formula is C22H17BrN2O4. The zero-order chi connectivity index (χ0) is 20.8. The Morgan fingerprint density at radius 1 is 0.897 bits per heavy atom. The van der Waals surface area contributed by atoms with E-state index in [1.54, 1.807) is 60.7 Å². The van der Waals surface area contributed by atoms with E-state index in [2.05, 4.69) is 26.5 Å². The minimum Gasteiger partial charge on any atom is -0.508 e. The molecule has 0 saturated carbocycles. The van der Waals surface area contributed by atoms with E-state index in [4.69, 9.17) is 0 Å². The summed E-state index contributed by atoms with van der Waals surface area (Å²) in [5.74, 6) is -0.527. The highest BCUT2D eigenvalue weighted by Gasteiger charge is 2.08. The van der Waals surface area contributed by atoms with E-state index in [1.807, 2.05) is 0 Å². The van der Waals surface area contributed by atoms with Crippen LogP contribution < -0.4 is 5.43 Å². The van der Waals surface area contributed by atoms with Crippen molar-refractivity contribution in [1.29, 1.82) is 0 Å². The van der Waals surface area contributed by atoms with Gasteiger partial charge in [-0.2, -0.15) is 5.10 Å². The topological polar surface area (TPSA) is 102 Å². The van der Waals surface area contributed by atoms with E-state index >= 15 is 0 Å². The van der Waals surface area contributed by atoms with Crippen LogP contribution in [0.25, 0.3) is 12.2 Å². The quantitative estimate of drug-likeness (QED) is 0.260. The Balaban J connectivity index is 1.80. The molecule has 7 heteroatoms. The van der Waals surface area contributed by atoms with Gasteiger partial charge in [0.15, 0.2) is 0 Å². The van der Waals surface area contributed by atoms with E-state index in [9.17, 15) is 20.1 Å². The Hall–Kier alpha value is -3.58. The maximum atomic E-state index is 12.1.